The highest BCUT2D eigenvalue weighted by Gasteiger charge is 2.20. The van der Waals surface area contributed by atoms with E-state index in [4.69, 9.17) is 27.6 Å². The Morgan fingerprint density at radius 3 is 2.35 bits per heavy atom. The summed E-state index contributed by atoms with van der Waals surface area (Å²) in [7, 11) is 0. The Hall–Kier alpha value is -1.71. The number of benzene rings is 2. The van der Waals surface area contributed by atoms with E-state index in [0.717, 1.165) is 11.1 Å². The highest BCUT2D eigenvalue weighted by atomic mass is 35.5. The molecule has 0 fully saturated rings. The third-order valence-corrected chi connectivity index (χ3v) is 4.04. The zero-order chi connectivity index (χ0) is 14.4. The zero-order valence-corrected chi connectivity index (χ0v) is 12.4. The van der Waals surface area contributed by atoms with Crippen molar-refractivity contribution < 1.29 is 9.52 Å². The van der Waals surface area contributed by atoms with E-state index in [-0.39, 0.29) is 15.8 Å². The van der Waals surface area contributed by atoms with Crippen molar-refractivity contribution in [2.24, 2.45) is 0 Å². The summed E-state index contributed by atoms with van der Waals surface area (Å²) < 4.78 is 5.68. The smallest absolute Gasteiger partial charge is 0.227 e. The first kappa shape index (κ1) is 13.3. The fourth-order valence-corrected chi connectivity index (χ4v) is 2.48. The maximum absolute atomic E-state index is 9.85. The summed E-state index contributed by atoms with van der Waals surface area (Å²) >= 11 is 12.1. The fraction of sp³-hybridized carbons (Fsp3) is 0.133. The topological polar surface area (TPSA) is 46.3 Å². The van der Waals surface area contributed by atoms with Crippen LogP contribution >= 0.6 is 23.2 Å². The summed E-state index contributed by atoms with van der Waals surface area (Å²) in [6.45, 7) is 3.77. The zero-order valence-electron chi connectivity index (χ0n) is 10.9. The summed E-state index contributed by atoms with van der Waals surface area (Å²) in [5.74, 6) is 0.275. The van der Waals surface area contributed by atoms with Crippen LogP contribution in [0.5, 0.6) is 5.75 Å². The minimum absolute atomic E-state index is 0.0847. The third kappa shape index (κ3) is 1.94. The average molecular weight is 308 g/mol. The predicted octanol–water partition coefficient (Wildman–Crippen LogP) is 5.12. The van der Waals surface area contributed by atoms with Crippen LogP contribution < -0.4 is 0 Å². The molecular weight excluding hydrogens is 297 g/mol. The van der Waals surface area contributed by atoms with Gasteiger partial charge in [-0.3, -0.25) is 0 Å². The Morgan fingerprint density at radius 1 is 1.05 bits per heavy atom. The van der Waals surface area contributed by atoms with Gasteiger partial charge in [0, 0.05) is 11.1 Å². The number of fused-ring (bicyclic) bond motifs is 1. The minimum Gasteiger partial charge on any atom is -0.505 e. The van der Waals surface area contributed by atoms with Crippen molar-refractivity contribution in [2.45, 2.75) is 13.8 Å². The van der Waals surface area contributed by atoms with Crippen molar-refractivity contribution in [1.82, 2.24) is 4.98 Å². The molecule has 1 heterocycles. The normalized spacial score (nSPS) is 11.2. The first-order valence-corrected chi connectivity index (χ1v) is 6.78. The third-order valence-electron chi connectivity index (χ3n) is 3.23. The molecule has 0 aliphatic rings. The molecule has 0 amide bonds. The molecule has 3 aromatic rings. The average Bonchev–Trinajstić information content (AvgIpc) is 2.89. The second-order valence-electron chi connectivity index (χ2n) is 4.66. The van der Waals surface area contributed by atoms with Crippen molar-refractivity contribution in [1.29, 1.82) is 0 Å². The summed E-state index contributed by atoms with van der Waals surface area (Å²) in [6, 6.07) is 7.79. The Bertz CT molecular complexity index is 762. The van der Waals surface area contributed by atoms with Gasteiger partial charge < -0.3 is 9.52 Å². The lowest BCUT2D eigenvalue weighted by Crippen LogP contribution is -1.82. The second-order valence-corrected chi connectivity index (χ2v) is 5.42. The van der Waals surface area contributed by atoms with E-state index in [1.807, 2.05) is 31.2 Å². The van der Waals surface area contributed by atoms with Gasteiger partial charge in [-0.05, 0) is 26.0 Å². The first-order valence-electron chi connectivity index (χ1n) is 6.03. The van der Waals surface area contributed by atoms with Gasteiger partial charge in [0.1, 0.15) is 10.5 Å². The molecule has 0 aliphatic carbocycles. The molecule has 0 aliphatic heterocycles. The van der Waals surface area contributed by atoms with Crippen LogP contribution in [0.2, 0.25) is 10.0 Å². The highest BCUT2D eigenvalue weighted by Crippen LogP contribution is 2.42. The van der Waals surface area contributed by atoms with E-state index < -0.39 is 0 Å². The second kappa shape index (κ2) is 4.69. The molecule has 1 N–H and O–H groups in total. The van der Waals surface area contributed by atoms with Gasteiger partial charge in [0.2, 0.25) is 5.89 Å². The summed E-state index contributed by atoms with van der Waals surface area (Å²) in [6.07, 6.45) is 0. The van der Waals surface area contributed by atoms with Gasteiger partial charge >= 0.3 is 0 Å². The Labute approximate surface area is 125 Å². The Morgan fingerprint density at radius 2 is 1.70 bits per heavy atom. The van der Waals surface area contributed by atoms with Gasteiger partial charge in [-0.15, -0.1) is 0 Å². The van der Waals surface area contributed by atoms with Crippen LogP contribution in [0.15, 0.2) is 28.7 Å². The molecule has 2 aromatic carbocycles. The van der Waals surface area contributed by atoms with Gasteiger partial charge in [0.05, 0.1) is 5.02 Å². The number of phenols is 1. The molecule has 0 atom stereocenters. The molecule has 0 spiro atoms. The molecule has 0 saturated carbocycles. The SMILES string of the molecule is Cc1ccc(-c2nc3c(C)c(Cl)c(O)c(Cl)c3o2)cc1. The minimum atomic E-state index is -0.176. The van der Waals surface area contributed by atoms with E-state index in [2.05, 4.69) is 4.98 Å². The quantitative estimate of drug-likeness (QED) is 0.678. The monoisotopic (exact) mass is 307 g/mol. The van der Waals surface area contributed by atoms with Gasteiger partial charge in [-0.25, -0.2) is 4.98 Å². The van der Waals surface area contributed by atoms with Crippen LogP contribution in [-0.4, -0.2) is 10.1 Å². The van der Waals surface area contributed by atoms with Crippen molar-refractivity contribution in [3.8, 4) is 17.2 Å². The summed E-state index contributed by atoms with van der Waals surface area (Å²) in [4.78, 5) is 4.43. The number of phenolic OH excluding ortho intramolecular Hbond substituents is 1. The number of aromatic nitrogens is 1. The fourth-order valence-electron chi connectivity index (χ4n) is 2.03. The number of hydrogen-bond acceptors (Lipinski definition) is 3. The number of nitrogens with zero attached hydrogens (tertiary/aromatic N) is 1. The van der Waals surface area contributed by atoms with Gasteiger partial charge in [-0.2, -0.15) is 0 Å². The molecule has 0 unspecified atom stereocenters. The Balaban J connectivity index is 2.28. The summed E-state index contributed by atoms with van der Waals surface area (Å²) in [5.41, 5.74) is 3.55. The van der Waals surface area contributed by atoms with Crippen LogP contribution in [0, 0.1) is 13.8 Å². The number of rotatable bonds is 1. The van der Waals surface area contributed by atoms with Crippen molar-refractivity contribution in [3.63, 3.8) is 0 Å². The number of aryl methyl sites for hydroxylation is 2. The first-order chi connectivity index (χ1) is 9.49. The van der Waals surface area contributed by atoms with E-state index in [1.54, 1.807) is 6.92 Å². The molecule has 20 heavy (non-hydrogen) atoms. The lowest BCUT2D eigenvalue weighted by Gasteiger charge is -2.03. The largest absolute Gasteiger partial charge is 0.505 e. The van der Waals surface area contributed by atoms with Gasteiger partial charge in [0.15, 0.2) is 11.3 Å². The highest BCUT2D eigenvalue weighted by molar-refractivity contribution is 6.41. The van der Waals surface area contributed by atoms with Crippen LogP contribution in [0.4, 0.5) is 0 Å². The number of oxazole rings is 1. The molecule has 3 nitrogen and oxygen atoms in total. The van der Waals surface area contributed by atoms with E-state index >= 15 is 0 Å². The number of hydrogen-bond donors (Lipinski definition) is 1. The van der Waals surface area contributed by atoms with Gasteiger partial charge in [0.25, 0.3) is 0 Å². The van der Waals surface area contributed by atoms with Crippen LogP contribution in [0.3, 0.4) is 0 Å². The molecule has 1 aromatic heterocycles. The molecular formula is C15H11Cl2NO2. The number of halogens is 2. The van der Waals surface area contributed by atoms with Crippen molar-refractivity contribution in [3.05, 3.63) is 45.4 Å². The van der Waals surface area contributed by atoms with Gasteiger partial charge in [-0.1, -0.05) is 40.9 Å². The molecule has 0 bridgehead atoms. The van der Waals surface area contributed by atoms with E-state index in [0.29, 0.717) is 22.6 Å². The number of aromatic hydroxyl groups is 1. The van der Waals surface area contributed by atoms with Crippen LogP contribution in [-0.2, 0) is 0 Å². The maximum atomic E-state index is 9.85. The molecule has 3 rings (SSSR count). The standard InChI is InChI=1S/C15H11Cl2NO2/c1-7-3-5-9(6-4-7)15-18-12-8(2)10(16)13(19)11(17)14(12)20-15/h3-6,19H,1-2H3. The lowest BCUT2D eigenvalue weighted by atomic mass is 10.1. The molecule has 0 saturated heterocycles. The predicted molar refractivity (Wildman–Crippen MR) is 80.6 cm³/mol. The Kier molecular flexibility index (Phi) is 3.11. The van der Waals surface area contributed by atoms with E-state index in [1.165, 1.54) is 0 Å². The lowest BCUT2D eigenvalue weighted by molar-refractivity contribution is 0.475. The van der Waals surface area contributed by atoms with Crippen molar-refractivity contribution in [2.75, 3.05) is 0 Å². The van der Waals surface area contributed by atoms with Crippen LogP contribution in [0.1, 0.15) is 11.1 Å². The summed E-state index contributed by atoms with van der Waals surface area (Å²) in [5, 5.41) is 10.1. The van der Waals surface area contributed by atoms with Crippen LogP contribution in [0.25, 0.3) is 22.6 Å². The molecule has 0 radical (unpaired) electrons. The van der Waals surface area contributed by atoms with Crippen molar-refractivity contribution >= 4 is 34.3 Å². The maximum Gasteiger partial charge on any atom is 0.227 e. The molecule has 102 valence electrons. The molecule has 5 heteroatoms. The van der Waals surface area contributed by atoms with E-state index in [9.17, 15) is 5.11 Å².